The number of methoxy groups -OCH3 is 1. The molecular formula is C42H39N5O5S2. The Morgan fingerprint density at radius 1 is 1.00 bits per heavy atom. The van der Waals surface area contributed by atoms with Gasteiger partial charge >= 0.3 is 0 Å². The molecule has 274 valence electrons. The number of benzene rings is 4. The molecule has 10 nitrogen and oxygen atoms in total. The van der Waals surface area contributed by atoms with Gasteiger partial charge in [0.2, 0.25) is 5.91 Å². The maximum Gasteiger partial charge on any atom is 0.272 e. The van der Waals surface area contributed by atoms with E-state index in [2.05, 4.69) is 39.1 Å². The Balaban J connectivity index is 1.15. The van der Waals surface area contributed by atoms with Gasteiger partial charge in [0.05, 0.1) is 17.9 Å². The number of nitriles is 1. The SMILES string of the molecule is CCC(Sc1cccc(NC(=O)/C(=C\c2ccc(O)cc2OC)NC(=O)c2ccccc2)c1)C(=O)Nc1sc2c(c1C#N)CCN(Cc1ccccc1)C2. The van der Waals surface area contributed by atoms with Crippen LogP contribution in [0.4, 0.5) is 10.7 Å². The van der Waals surface area contributed by atoms with Crippen molar-refractivity contribution in [2.75, 3.05) is 24.3 Å². The fourth-order valence-electron chi connectivity index (χ4n) is 6.08. The lowest BCUT2D eigenvalue weighted by Crippen LogP contribution is -2.30. The summed E-state index contributed by atoms with van der Waals surface area (Å²) in [6, 6.07) is 32.7. The van der Waals surface area contributed by atoms with E-state index in [4.69, 9.17) is 4.74 Å². The number of hydrogen-bond acceptors (Lipinski definition) is 9. The van der Waals surface area contributed by atoms with E-state index in [9.17, 15) is 24.8 Å². The predicted octanol–water partition coefficient (Wildman–Crippen LogP) is 7.81. The molecule has 0 spiro atoms. The van der Waals surface area contributed by atoms with Crippen LogP contribution in [0, 0.1) is 11.3 Å². The van der Waals surface area contributed by atoms with Crippen LogP contribution in [0.5, 0.6) is 11.5 Å². The molecule has 0 bridgehead atoms. The van der Waals surface area contributed by atoms with Crippen LogP contribution in [0.1, 0.15) is 50.8 Å². The van der Waals surface area contributed by atoms with Gasteiger partial charge in [0.1, 0.15) is 28.3 Å². The number of carbonyl (C=O) groups is 3. The number of phenols is 1. The number of ether oxygens (including phenoxy) is 1. The van der Waals surface area contributed by atoms with Crippen molar-refractivity contribution in [1.29, 1.82) is 5.26 Å². The van der Waals surface area contributed by atoms with Gasteiger partial charge in [0.15, 0.2) is 0 Å². The van der Waals surface area contributed by atoms with Gasteiger partial charge in [-0.25, -0.2) is 0 Å². The average molecular weight is 758 g/mol. The summed E-state index contributed by atoms with van der Waals surface area (Å²) in [5.74, 6) is -0.973. The van der Waals surface area contributed by atoms with Gasteiger partial charge in [-0.1, -0.05) is 61.5 Å². The first-order chi connectivity index (χ1) is 26.2. The fourth-order valence-corrected chi connectivity index (χ4v) is 8.34. The van der Waals surface area contributed by atoms with Crippen molar-refractivity contribution in [3.63, 3.8) is 0 Å². The third kappa shape index (κ3) is 9.37. The molecule has 1 unspecified atom stereocenters. The van der Waals surface area contributed by atoms with Gasteiger partial charge in [0.25, 0.3) is 11.8 Å². The minimum atomic E-state index is -0.589. The Hall–Kier alpha value is -5.87. The predicted molar refractivity (Wildman–Crippen MR) is 213 cm³/mol. The van der Waals surface area contributed by atoms with Crippen LogP contribution in [-0.4, -0.2) is 46.6 Å². The summed E-state index contributed by atoms with van der Waals surface area (Å²) in [5.41, 5.74) is 4.03. The van der Waals surface area contributed by atoms with E-state index < -0.39 is 17.1 Å². The number of amides is 3. The number of hydrogen-bond donors (Lipinski definition) is 4. The first-order valence-corrected chi connectivity index (χ1v) is 19.1. The van der Waals surface area contributed by atoms with Gasteiger partial charge in [-0.2, -0.15) is 5.26 Å². The van der Waals surface area contributed by atoms with Gasteiger partial charge in [-0.15, -0.1) is 23.1 Å². The lowest BCUT2D eigenvalue weighted by atomic mass is 10.0. The molecule has 3 amide bonds. The number of thiophene rings is 1. The molecule has 2 heterocycles. The summed E-state index contributed by atoms with van der Waals surface area (Å²) in [6.07, 6.45) is 2.75. The van der Waals surface area contributed by atoms with Gasteiger partial charge < -0.3 is 25.8 Å². The van der Waals surface area contributed by atoms with Gasteiger partial charge in [-0.3, -0.25) is 19.3 Å². The second kappa shape index (κ2) is 17.8. The average Bonchev–Trinajstić information content (AvgIpc) is 3.53. The molecule has 12 heteroatoms. The summed E-state index contributed by atoms with van der Waals surface area (Å²) in [4.78, 5) is 44.7. The molecule has 0 radical (unpaired) electrons. The molecule has 0 saturated carbocycles. The van der Waals surface area contributed by atoms with Crippen molar-refractivity contribution in [2.45, 2.75) is 43.0 Å². The smallest absolute Gasteiger partial charge is 0.272 e. The van der Waals surface area contributed by atoms with Crippen molar-refractivity contribution in [3.8, 4) is 17.6 Å². The van der Waals surface area contributed by atoms with E-state index in [1.54, 1.807) is 54.6 Å². The molecule has 1 aliphatic rings. The van der Waals surface area contributed by atoms with Crippen molar-refractivity contribution in [2.24, 2.45) is 0 Å². The second-order valence-corrected chi connectivity index (χ2v) is 14.9. The van der Waals surface area contributed by atoms with Crippen LogP contribution in [0.25, 0.3) is 6.08 Å². The molecule has 0 saturated heterocycles. The van der Waals surface area contributed by atoms with Crippen LogP contribution in [0.3, 0.4) is 0 Å². The van der Waals surface area contributed by atoms with Gasteiger partial charge in [0, 0.05) is 52.3 Å². The number of nitrogens with one attached hydrogen (secondary N) is 3. The maximum absolute atomic E-state index is 13.7. The molecule has 5 aromatic rings. The van der Waals surface area contributed by atoms with Crippen LogP contribution < -0.4 is 20.7 Å². The monoisotopic (exact) mass is 757 g/mol. The van der Waals surface area contributed by atoms with E-state index in [0.717, 1.165) is 41.4 Å². The van der Waals surface area contributed by atoms with Crippen LogP contribution in [0.15, 0.2) is 114 Å². The zero-order valence-corrected chi connectivity index (χ0v) is 31.4. The summed E-state index contributed by atoms with van der Waals surface area (Å²) in [5, 5.41) is 28.8. The molecule has 1 atom stereocenters. The summed E-state index contributed by atoms with van der Waals surface area (Å²) in [6.45, 7) is 4.31. The zero-order chi connectivity index (χ0) is 38.0. The molecule has 6 rings (SSSR count). The first kappa shape index (κ1) is 37.9. The van der Waals surface area contributed by atoms with E-state index in [-0.39, 0.29) is 17.4 Å². The minimum absolute atomic E-state index is 0.0115. The largest absolute Gasteiger partial charge is 0.508 e. The number of thioether (sulfide) groups is 1. The fraction of sp³-hybridized carbons (Fsp3) is 0.190. The summed E-state index contributed by atoms with van der Waals surface area (Å²) >= 11 is 2.83. The standard InChI is InChI=1S/C42H39N5O5S2/c1-3-37(41(51)46-42-34(24-43)33-19-20-47(26-38(33)54-42)25-27-11-6-4-7-12-27)53-32-16-10-15-30(22-32)44-40(50)35(45-39(49)28-13-8-5-9-14-28)21-29-17-18-31(48)23-36(29)52-2/h4-18,21-23,37,48H,3,19-20,25-26H2,1-2H3,(H,44,50)(H,45,49)(H,46,51)/b35-21+. The Labute approximate surface area is 322 Å². The third-order valence-electron chi connectivity index (χ3n) is 8.81. The van der Waals surface area contributed by atoms with Crippen molar-refractivity contribution in [1.82, 2.24) is 10.2 Å². The summed E-state index contributed by atoms with van der Waals surface area (Å²) < 4.78 is 5.39. The Bertz CT molecular complexity index is 2220. The summed E-state index contributed by atoms with van der Waals surface area (Å²) in [7, 11) is 1.44. The molecule has 4 aromatic carbocycles. The quantitative estimate of drug-likeness (QED) is 0.0704. The minimum Gasteiger partial charge on any atom is -0.508 e. The highest BCUT2D eigenvalue weighted by molar-refractivity contribution is 8.00. The number of anilines is 2. The highest BCUT2D eigenvalue weighted by atomic mass is 32.2. The zero-order valence-electron chi connectivity index (χ0n) is 29.8. The lowest BCUT2D eigenvalue weighted by molar-refractivity contribution is -0.116. The van der Waals surface area contributed by atoms with Crippen LogP contribution in [0.2, 0.25) is 0 Å². The van der Waals surface area contributed by atoms with Crippen molar-refractivity contribution < 1.29 is 24.2 Å². The van der Waals surface area contributed by atoms with Gasteiger partial charge in [-0.05, 0) is 72.5 Å². The Kier molecular flexibility index (Phi) is 12.5. The molecular weight excluding hydrogens is 719 g/mol. The highest BCUT2D eigenvalue weighted by Crippen LogP contribution is 2.38. The second-order valence-electron chi connectivity index (χ2n) is 12.6. The van der Waals surface area contributed by atoms with Crippen LogP contribution >= 0.6 is 23.1 Å². The number of rotatable bonds is 13. The molecule has 4 N–H and O–H groups in total. The highest BCUT2D eigenvalue weighted by Gasteiger charge is 2.27. The first-order valence-electron chi connectivity index (χ1n) is 17.4. The Morgan fingerprint density at radius 3 is 2.48 bits per heavy atom. The van der Waals surface area contributed by atoms with E-state index >= 15 is 0 Å². The molecule has 54 heavy (non-hydrogen) atoms. The number of aromatic hydroxyl groups is 1. The number of phenolic OH excluding ortho intramolecular Hbond substituents is 1. The van der Waals surface area contributed by atoms with Crippen molar-refractivity contribution >= 4 is 57.6 Å². The number of fused-ring (bicyclic) bond motifs is 1. The lowest BCUT2D eigenvalue weighted by Gasteiger charge is -2.26. The van der Waals surface area contributed by atoms with E-state index in [0.29, 0.717) is 39.5 Å². The topological polar surface area (TPSA) is 144 Å². The molecule has 0 aliphatic carbocycles. The maximum atomic E-state index is 13.7. The number of nitrogens with zero attached hydrogens (tertiary/aromatic N) is 2. The third-order valence-corrected chi connectivity index (χ3v) is 11.3. The van der Waals surface area contributed by atoms with Crippen LogP contribution in [-0.2, 0) is 29.1 Å². The van der Waals surface area contributed by atoms with Crippen molar-refractivity contribution in [3.05, 3.63) is 142 Å². The normalized spacial score (nSPS) is 13.2. The Morgan fingerprint density at radius 2 is 1.76 bits per heavy atom. The van der Waals surface area contributed by atoms with E-state index in [1.807, 2.05) is 31.2 Å². The van der Waals surface area contributed by atoms with E-state index in [1.165, 1.54) is 54.0 Å². The molecule has 0 fully saturated rings. The number of carbonyl (C=O) groups excluding carboxylic acids is 3. The molecule has 1 aliphatic heterocycles. The molecule has 1 aromatic heterocycles.